The van der Waals surface area contributed by atoms with Crippen LogP contribution in [-0.4, -0.2) is 52.3 Å². The third kappa shape index (κ3) is 5.21. The normalized spacial score (nSPS) is 14.6. The number of aliphatic carboxylic acids is 1. The average molecular weight is 475 g/mol. The quantitative estimate of drug-likeness (QED) is 0.378. The Morgan fingerprint density at radius 2 is 1.56 bits per heavy atom. The van der Waals surface area contributed by atoms with E-state index in [2.05, 4.69) is 35.9 Å². The zero-order chi connectivity index (χ0) is 23.5. The number of carboxylic acids is 1. The van der Waals surface area contributed by atoms with Gasteiger partial charge in [-0.2, -0.15) is 25.3 Å². The molecule has 7 nitrogen and oxygen atoms in total. The summed E-state index contributed by atoms with van der Waals surface area (Å²) in [6, 6.07) is 13.6. The number of rotatable bonds is 8. The van der Waals surface area contributed by atoms with Gasteiger partial charge in [0.2, 0.25) is 5.91 Å². The highest BCUT2D eigenvalue weighted by molar-refractivity contribution is 7.81. The molecule has 2 aromatic carbocycles. The standard InChI is InChI=1S/C23H26N2O5S2/c1-23(2,32)19(20(26)24-18(12-31)21(27)28)25-22(29)30-11-17-15-9-5-3-7-13(15)14-8-4-6-10-16(14)17/h3-10,17-19,31-32H,11-12H2,1-2H3,(H,24,26)(H,25,29)(H,27,28)/t18-,19+/m0/s1. The summed E-state index contributed by atoms with van der Waals surface area (Å²) in [5, 5.41) is 14.1. The number of nitrogens with one attached hydrogen (secondary N) is 2. The molecule has 0 bridgehead atoms. The predicted molar refractivity (Wildman–Crippen MR) is 128 cm³/mol. The summed E-state index contributed by atoms with van der Waals surface area (Å²) >= 11 is 8.34. The molecule has 2 amide bonds. The lowest BCUT2D eigenvalue weighted by Crippen LogP contribution is -2.58. The van der Waals surface area contributed by atoms with Crippen molar-refractivity contribution in [2.45, 2.75) is 36.6 Å². The molecule has 0 spiro atoms. The minimum Gasteiger partial charge on any atom is -0.480 e. The Morgan fingerprint density at radius 3 is 2.03 bits per heavy atom. The summed E-state index contributed by atoms with van der Waals surface area (Å²) in [4.78, 5) is 36.5. The van der Waals surface area contributed by atoms with Crippen LogP contribution in [0.15, 0.2) is 48.5 Å². The summed E-state index contributed by atoms with van der Waals surface area (Å²) in [5.74, 6) is -2.11. The largest absolute Gasteiger partial charge is 0.480 e. The van der Waals surface area contributed by atoms with Gasteiger partial charge < -0.3 is 20.5 Å². The minimum absolute atomic E-state index is 0.0915. The summed E-state index contributed by atoms with van der Waals surface area (Å²) < 4.78 is 4.52. The molecule has 170 valence electrons. The van der Waals surface area contributed by atoms with Crippen molar-refractivity contribution in [3.05, 3.63) is 59.7 Å². The van der Waals surface area contributed by atoms with Crippen molar-refractivity contribution in [1.29, 1.82) is 0 Å². The fourth-order valence-electron chi connectivity index (χ4n) is 3.76. The number of carbonyl (C=O) groups excluding carboxylic acids is 2. The maximum Gasteiger partial charge on any atom is 0.407 e. The highest BCUT2D eigenvalue weighted by Gasteiger charge is 2.36. The second-order valence-electron chi connectivity index (χ2n) is 8.14. The lowest BCUT2D eigenvalue weighted by atomic mass is 9.98. The zero-order valence-electron chi connectivity index (χ0n) is 17.7. The highest BCUT2D eigenvalue weighted by Crippen LogP contribution is 2.44. The summed E-state index contributed by atoms with van der Waals surface area (Å²) in [7, 11) is 0. The van der Waals surface area contributed by atoms with E-state index < -0.39 is 34.8 Å². The van der Waals surface area contributed by atoms with Crippen LogP contribution in [0.3, 0.4) is 0 Å². The average Bonchev–Trinajstić information content (AvgIpc) is 3.07. The van der Waals surface area contributed by atoms with Gasteiger partial charge in [-0.15, -0.1) is 0 Å². The van der Waals surface area contributed by atoms with E-state index in [-0.39, 0.29) is 18.3 Å². The van der Waals surface area contributed by atoms with Crippen LogP contribution in [0.25, 0.3) is 11.1 Å². The van der Waals surface area contributed by atoms with Crippen LogP contribution in [0.5, 0.6) is 0 Å². The van der Waals surface area contributed by atoms with E-state index >= 15 is 0 Å². The summed E-state index contributed by atoms with van der Waals surface area (Å²) in [6.45, 7) is 3.37. The van der Waals surface area contributed by atoms with Crippen molar-refractivity contribution in [1.82, 2.24) is 10.6 Å². The van der Waals surface area contributed by atoms with Crippen LogP contribution in [0.4, 0.5) is 4.79 Å². The van der Waals surface area contributed by atoms with Gasteiger partial charge in [-0.05, 0) is 36.1 Å². The van der Waals surface area contributed by atoms with Gasteiger partial charge in [-0.25, -0.2) is 9.59 Å². The zero-order valence-corrected chi connectivity index (χ0v) is 19.5. The van der Waals surface area contributed by atoms with Crippen molar-refractivity contribution in [3.8, 4) is 11.1 Å². The first-order chi connectivity index (χ1) is 15.1. The van der Waals surface area contributed by atoms with Crippen molar-refractivity contribution >= 4 is 43.2 Å². The number of carboxylic acid groups (broad SMARTS) is 1. The van der Waals surface area contributed by atoms with E-state index in [1.807, 2.05) is 48.5 Å². The van der Waals surface area contributed by atoms with E-state index in [1.54, 1.807) is 13.8 Å². The monoisotopic (exact) mass is 474 g/mol. The van der Waals surface area contributed by atoms with E-state index in [4.69, 9.17) is 9.84 Å². The van der Waals surface area contributed by atoms with Crippen LogP contribution in [-0.2, 0) is 14.3 Å². The Labute approximate surface area is 197 Å². The predicted octanol–water partition coefficient (Wildman–Crippen LogP) is 3.10. The molecule has 0 unspecified atom stereocenters. The van der Waals surface area contributed by atoms with Crippen LogP contribution < -0.4 is 10.6 Å². The van der Waals surface area contributed by atoms with E-state index in [0.717, 1.165) is 22.3 Å². The Bertz CT molecular complexity index is 976. The van der Waals surface area contributed by atoms with Crippen LogP contribution >= 0.6 is 25.3 Å². The van der Waals surface area contributed by atoms with E-state index in [0.29, 0.717) is 0 Å². The second-order valence-corrected chi connectivity index (χ2v) is 9.66. The van der Waals surface area contributed by atoms with Gasteiger partial charge in [0.05, 0.1) is 0 Å². The molecule has 3 N–H and O–H groups in total. The number of hydrogen-bond donors (Lipinski definition) is 5. The highest BCUT2D eigenvalue weighted by atomic mass is 32.1. The Kier molecular flexibility index (Phi) is 7.40. The number of alkyl carbamates (subject to hydrolysis) is 1. The molecule has 2 atom stereocenters. The molecule has 0 saturated heterocycles. The summed E-state index contributed by atoms with van der Waals surface area (Å²) in [6.07, 6.45) is -0.785. The molecule has 0 radical (unpaired) electrons. The van der Waals surface area contributed by atoms with Gasteiger partial charge in [0.1, 0.15) is 18.7 Å². The van der Waals surface area contributed by atoms with Crippen LogP contribution in [0.1, 0.15) is 30.9 Å². The third-order valence-corrected chi connectivity index (χ3v) is 6.00. The number of fused-ring (bicyclic) bond motifs is 3. The number of amides is 2. The lowest BCUT2D eigenvalue weighted by molar-refractivity contribution is -0.141. The van der Waals surface area contributed by atoms with Crippen LogP contribution in [0.2, 0.25) is 0 Å². The minimum atomic E-state index is -1.22. The maximum atomic E-state index is 12.7. The first kappa shape index (κ1) is 24.0. The van der Waals surface area contributed by atoms with Crippen molar-refractivity contribution in [3.63, 3.8) is 0 Å². The molecule has 0 aliphatic heterocycles. The van der Waals surface area contributed by atoms with Crippen molar-refractivity contribution in [2.24, 2.45) is 0 Å². The molecule has 9 heteroatoms. The van der Waals surface area contributed by atoms with Gasteiger partial charge >= 0.3 is 12.1 Å². The molecule has 1 aliphatic rings. The Morgan fingerprint density at radius 1 is 1.03 bits per heavy atom. The molecule has 0 heterocycles. The second kappa shape index (κ2) is 9.87. The number of hydrogen-bond acceptors (Lipinski definition) is 6. The molecule has 0 aromatic heterocycles. The number of ether oxygens (including phenoxy) is 1. The third-order valence-electron chi connectivity index (χ3n) is 5.37. The maximum absolute atomic E-state index is 12.7. The molecule has 0 saturated carbocycles. The Hall–Kier alpha value is -2.65. The molecule has 3 rings (SSSR count). The van der Waals surface area contributed by atoms with Crippen LogP contribution in [0, 0.1) is 0 Å². The fraction of sp³-hybridized carbons (Fsp3) is 0.348. The SMILES string of the molecule is CC(C)(S)[C@H](NC(=O)OCC1c2ccccc2-c2ccccc21)C(=O)N[C@@H](CS)C(=O)O. The molecule has 1 aliphatic carbocycles. The number of thiol groups is 2. The first-order valence-corrected chi connectivity index (χ1v) is 11.2. The first-order valence-electron chi connectivity index (χ1n) is 10.1. The topological polar surface area (TPSA) is 105 Å². The molecule has 2 aromatic rings. The van der Waals surface area contributed by atoms with E-state index in [9.17, 15) is 14.4 Å². The summed E-state index contributed by atoms with van der Waals surface area (Å²) in [5.41, 5.74) is 4.36. The van der Waals surface area contributed by atoms with Crippen molar-refractivity contribution in [2.75, 3.05) is 12.4 Å². The smallest absolute Gasteiger partial charge is 0.407 e. The van der Waals surface area contributed by atoms with E-state index in [1.165, 1.54) is 0 Å². The fourth-order valence-corrected chi connectivity index (χ4v) is 4.19. The van der Waals surface area contributed by atoms with Crippen molar-refractivity contribution < 1.29 is 24.2 Å². The van der Waals surface area contributed by atoms with Gasteiger partial charge in [-0.3, -0.25) is 4.79 Å². The molecular weight excluding hydrogens is 448 g/mol. The van der Waals surface area contributed by atoms with Gasteiger partial charge in [-0.1, -0.05) is 48.5 Å². The molecule has 32 heavy (non-hydrogen) atoms. The molecule has 0 fully saturated rings. The molecular formula is C23H26N2O5S2. The van der Waals surface area contributed by atoms with Gasteiger partial charge in [0.25, 0.3) is 0 Å². The lowest BCUT2D eigenvalue weighted by Gasteiger charge is -2.30. The number of benzene rings is 2. The van der Waals surface area contributed by atoms with Gasteiger partial charge in [0, 0.05) is 16.4 Å². The Balaban J connectivity index is 1.70. The van der Waals surface area contributed by atoms with Gasteiger partial charge in [0.15, 0.2) is 0 Å². The number of carbonyl (C=O) groups is 3.